The van der Waals surface area contributed by atoms with Gasteiger partial charge >= 0.3 is 12.7 Å². The lowest BCUT2D eigenvalue weighted by atomic mass is 9.99. The van der Waals surface area contributed by atoms with Gasteiger partial charge in [0, 0.05) is 31.8 Å². The smallest absolute Gasteiger partial charge is 0.416 e. The van der Waals surface area contributed by atoms with Gasteiger partial charge in [-0.1, -0.05) is 19.6 Å². The molecule has 0 amide bonds. The molecule has 0 spiro atoms. The van der Waals surface area contributed by atoms with Gasteiger partial charge in [0.2, 0.25) is 0 Å². The average molecular weight is 543 g/mol. The van der Waals surface area contributed by atoms with Gasteiger partial charge in [-0.3, -0.25) is 4.57 Å². The molecule has 2 N–H and O–H groups in total. The molecular formula is C26H28F2N4O5Si. The number of hydrogen-bond donors (Lipinski definition) is 2. The number of aliphatic hydroxyl groups excluding tert-OH is 1. The quantitative estimate of drug-likeness (QED) is 0.206. The number of nitriles is 1. The van der Waals surface area contributed by atoms with Crippen LogP contribution in [0.3, 0.4) is 0 Å². The Labute approximate surface area is 218 Å². The topological polar surface area (TPSA) is 123 Å². The van der Waals surface area contributed by atoms with Crippen LogP contribution < -0.4 is 4.74 Å². The van der Waals surface area contributed by atoms with Crippen molar-refractivity contribution < 1.29 is 33.3 Å². The number of aryl methyl sites for hydroxylation is 1. The Morgan fingerprint density at radius 3 is 2.61 bits per heavy atom. The van der Waals surface area contributed by atoms with Crippen LogP contribution in [0.2, 0.25) is 25.7 Å². The lowest BCUT2D eigenvalue weighted by molar-refractivity contribution is -0.0512. The minimum Gasteiger partial charge on any atom is -0.464 e. The van der Waals surface area contributed by atoms with Crippen molar-refractivity contribution >= 4 is 36.1 Å². The fraction of sp³-hybridized carbons (Fsp3) is 0.346. The molecule has 0 bridgehead atoms. The summed E-state index contributed by atoms with van der Waals surface area (Å²) in [5, 5.41) is 30.8. The molecule has 4 rings (SSSR count). The van der Waals surface area contributed by atoms with Crippen molar-refractivity contribution in [3.63, 3.8) is 0 Å². The number of aromatic nitrogens is 3. The normalized spacial score (nSPS) is 12.8. The number of ether oxygens (including phenoxy) is 2. The molecule has 2 heterocycles. The SMILES string of the molecule is Cc1cc(OC(F)F)c(C(O)c2nc3cc(C#N)ccc3n2COCC[Si](C)(C)C)c2ccn(C(=O)O)c12. The predicted molar refractivity (Wildman–Crippen MR) is 139 cm³/mol. The first-order valence-electron chi connectivity index (χ1n) is 11.9. The maximum atomic E-state index is 13.4. The largest absolute Gasteiger partial charge is 0.464 e. The van der Waals surface area contributed by atoms with Crippen LogP contribution in [0.5, 0.6) is 5.75 Å². The van der Waals surface area contributed by atoms with Crippen LogP contribution in [-0.2, 0) is 11.5 Å². The monoisotopic (exact) mass is 542 g/mol. The van der Waals surface area contributed by atoms with E-state index in [4.69, 9.17) is 9.47 Å². The molecule has 12 heteroatoms. The summed E-state index contributed by atoms with van der Waals surface area (Å²) in [4.78, 5) is 16.3. The number of carboxylic acid groups (broad SMARTS) is 1. The molecule has 0 saturated heterocycles. The number of nitrogens with zero attached hydrogens (tertiary/aromatic N) is 4. The van der Waals surface area contributed by atoms with Crippen molar-refractivity contribution in [2.45, 2.75) is 52.1 Å². The van der Waals surface area contributed by atoms with Crippen molar-refractivity contribution in [3.8, 4) is 11.8 Å². The first kappa shape index (κ1) is 27.2. The third kappa shape index (κ3) is 5.40. The Hall–Kier alpha value is -3.79. The first-order chi connectivity index (χ1) is 17.9. The van der Waals surface area contributed by atoms with Gasteiger partial charge in [0.15, 0.2) is 0 Å². The maximum Gasteiger partial charge on any atom is 0.416 e. The molecule has 9 nitrogen and oxygen atoms in total. The molecule has 0 fully saturated rings. The minimum atomic E-state index is -3.18. The Bertz CT molecular complexity index is 1550. The summed E-state index contributed by atoms with van der Waals surface area (Å²) in [6.07, 6.45) is -1.57. The fourth-order valence-electron chi connectivity index (χ4n) is 4.39. The molecule has 0 aliphatic rings. The zero-order valence-corrected chi connectivity index (χ0v) is 22.4. The van der Waals surface area contributed by atoms with Crippen LogP contribution in [-0.4, -0.2) is 51.7 Å². The first-order valence-corrected chi connectivity index (χ1v) is 15.6. The highest BCUT2D eigenvalue weighted by Crippen LogP contribution is 2.40. The molecule has 0 radical (unpaired) electrons. The lowest BCUT2D eigenvalue weighted by Crippen LogP contribution is -2.22. The van der Waals surface area contributed by atoms with Gasteiger partial charge in [-0.05, 0) is 48.9 Å². The van der Waals surface area contributed by atoms with E-state index in [-0.39, 0.29) is 34.8 Å². The van der Waals surface area contributed by atoms with E-state index in [1.54, 1.807) is 29.7 Å². The van der Waals surface area contributed by atoms with Crippen molar-refractivity contribution in [2.75, 3.05) is 6.61 Å². The number of aliphatic hydroxyl groups is 1. The molecule has 0 aliphatic carbocycles. The van der Waals surface area contributed by atoms with Crippen LogP contribution in [0.25, 0.3) is 21.9 Å². The van der Waals surface area contributed by atoms with E-state index < -0.39 is 26.9 Å². The summed E-state index contributed by atoms with van der Waals surface area (Å²) in [6.45, 7) is 5.56. The van der Waals surface area contributed by atoms with Crippen molar-refractivity contribution in [3.05, 3.63) is 59.0 Å². The van der Waals surface area contributed by atoms with Gasteiger partial charge in [0.25, 0.3) is 0 Å². The summed E-state index contributed by atoms with van der Waals surface area (Å²) in [7, 11) is -1.37. The zero-order valence-electron chi connectivity index (χ0n) is 21.4. The molecule has 0 aliphatic heterocycles. The van der Waals surface area contributed by atoms with Gasteiger partial charge in [-0.25, -0.2) is 9.78 Å². The summed E-state index contributed by atoms with van der Waals surface area (Å²) in [6, 6.07) is 10.5. The number of imidazole rings is 1. The predicted octanol–water partition coefficient (Wildman–Crippen LogP) is 5.69. The third-order valence-corrected chi connectivity index (χ3v) is 7.93. The van der Waals surface area contributed by atoms with Gasteiger partial charge in [0.05, 0.1) is 28.2 Å². The van der Waals surface area contributed by atoms with Gasteiger partial charge in [-0.2, -0.15) is 14.0 Å². The number of fused-ring (bicyclic) bond motifs is 2. The molecular weight excluding hydrogens is 514 g/mol. The molecule has 200 valence electrons. The lowest BCUT2D eigenvalue weighted by Gasteiger charge is -2.20. The Balaban J connectivity index is 1.89. The highest BCUT2D eigenvalue weighted by Gasteiger charge is 2.29. The van der Waals surface area contributed by atoms with Crippen LogP contribution >= 0.6 is 0 Å². The van der Waals surface area contributed by atoms with Gasteiger partial charge in [-0.15, -0.1) is 0 Å². The zero-order chi connectivity index (χ0) is 27.8. The van der Waals surface area contributed by atoms with Gasteiger partial charge < -0.3 is 24.3 Å². The molecule has 38 heavy (non-hydrogen) atoms. The van der Waals surface area contributed by atoms with Crippen LogP contribution in [0, 0.1) is 18.3 Å². The highest BCUT2D eigenvalue weighted by molar-refractivity contribution is 6.76. The number of benzene rings is 2. The minimum absolute atomic E-state index is 0.0233. The van der Waals surface area contributed by atoms with E-state index in [0.29, 0.717) is 28.8 Å². The summed E-state index contributed by atoms with van der Waals surface area (Å²) >= 11 is 0. The second kappa shape index (κ2) is 10.5. The second-order valence-electron chi connectivity index (χ2n) is 10.2. The van der Waals surface area contributed by atoms with E-state index >= 15 is 0 Å². The van der Waals surface area contributed by atoms with E-state index in [1.165, 1.54) is 18.3 Å². The summed E-state index contributed by atoms with van der Waals surface area (Å²) in [5.41, 5.74) is 1.91. The van der Waals surface area contributed by atoms with Crippen LogP contribution in [0.15, 0.2) is 36.5 Å². The molecule has 1 unspecified atom stereocenters. The second-order valence-corrected chi connectivity index (χ2v) is 15.8. The van der Waals surface area contributed by atoms with E-state index in [0.717, 1.165) is 10.6 Å². The Morgan fingerprint density at radius 1 is 1.24 bits per heavy atom. The third-order valence-electron chi connectivity index (χ3n) is 6.23. The number of alkyl halides is 2. The molecule has 4 aromatic rings. The number of rotatable bonds is 9. The van der Waals surface area contributed by atoms with E-state index in [1.807, 2.05) is 0 Å². The van der Waals surface area contributed by atoms with Crippen LogP contribution in [0.1, 0.15) is 28.6 Å². The number of carbonyl (C=O) groups is 1. The molecule has 2 aromatic carbocycles. The molecule has 1 atom stereocenters. The highest BCUT2D eigenvalue weighted by atomic mass is 28.3. The van der Waals surface area contributed by atoms with Crippen molar-refractivity contribution in [1.82, 2.24) is 14.1 Å². The number of halogens is 2. The van der Waals surface area contributed by atoms with Gasteiger partial charge in [0.1, 0.15) is 24.4 Å². The van der Waals surface area contributed by atoms with Crippen molar-refractivity contribution in [2.24, 2.45) is 0 Å². The fourth-order valence-corrected chi connectivity index (χ4v) is 5.14. The summed E-state index contributed by atoms with van der Waals surface area (Å²) in [5.74, 6) is -0.216. The Kier molecular flexibility index (Phi) is 7.55. The molecule has 2 aromatic heterocycles. The van der Waals surface area contributed by atoms with Crippen LogP contribution in [0.4, 0.5) is 13.6 Å². The standard InChI is InChI=1S/C26H28F2N4O5Si/c1-15-11-20(37-25(27)28)21(17-7-8-31(22(15)17)26(34)35)23(33)24-30-18-12-16(13-29)5-6-19(18)32(24)14-36-9-10-38(2,3)4/h5-8,11-12,23,25,33H,9-10,14H2,1-4H3,(H,34,35). The van der Waals surface area contributed by atoms with Crippen molar-refractivity contribution in [1.29, 1.82) is 5.26 Å². The number of hydrogen-bond acceptors (Lipinski definition) is 6. The Morgan fingerprint density at radius 2 is 1.97 bits per heavy atom. The van der Waals surface area contributed by atoms with E-state index in [2.05, 4.69) is 30.7 Å². The molecule has 0 saturated carbocycles. The summed E-state index contributed by atoms with van der Waals surface area (Å²) < 4.78 is 40.1. The average Bonchev–Trinajstić information content (AvgIpc) is 3.43. The maximum absolute atomic E-state index is 13.4. The van der Waals surface area contributed by atoms with E-state index in [9.17, 15) is 29.1 Å².